The molecule has 0 heterocycles. The molecular weight excluding hydrogens is 296 g/mol. The molecule has 0 aliphatic heterocycles. The van der Waals surface area contributed by atoms with Crippen LogP contribution in [0, 0.1) is 0 Å². The van der Waals surface area contributed by atoms with Gasteiger partial charge in [0.05, 0.1) is 33.0 Å². The smallest absolute Gasteiger partial charge is 0.192 e. The van der Waals surface area contributed by atoms with Crippen LogP contribution in [0.4, 0.5) is 0 Å². The van der Waals surface area contributed by atoms with Crippen LogP contribution in [-0.2, 0) is 15.8 Å². The Morgan fingerprint density at radius 2 is 1.68 bits per heavy atom. The molecule has 1 atom stereocenters. The number of benzene rings is 1. The molecule has 0 aromatic heterocycles. The minimum absolute atomic E-state index is 0.149. The van der Waals surface area contributed by atoms with Gasteiger partial charge in [-0.1, -0.05) is 32.9 Å². The lowest BCUT2D eigenvalue weighted by Crippen LogP contribution is -2.43. The zero-order valence-electron chi connectivity index (χ0n) is 14.7. The van der Waals surface area contributed by atoms with Crippen molar-refractivity contribution in [3.8, 4) is 5.75 Å². The zero-order chi connectivity index (χ0) is 16.8. The molecule has 0 spiro atoms. The fourth-order valence-electron chi connectivity index (χ4n) is 1.60. The van der Waals surface area contributed by atoms with Gasteiger partial charge in [0, 0.05) is 0 Å². The van der Waals surface area contributed by atoms with Gasteiger partial charge >= 0.3 is 0 Å². The van der Waals surface area contributed by atoms with Crippen molar-refractivity contribution in [2.24, 2.45) is 0 Å². The van der Waals surface area contributed by atoms with E-state index < -0.39 is 14.4 Å². The molecule has 0 saturated carbocycles. The number of hydrogen-bond donors (Lipinski definition) is 1. The standard InChI is InChI=1S/C17H30O4Si/c1-17(2,3)22(5,6)21-13-15(18)12-20-11-14-7-9-16(19-4)10-8-14/h7-10,15,18H,11-13H2,1-6H3/t15-/m1/s1. The van der Waals surface area contributed by atoms with Crippen molar-refractivity contribution < 1.29 is 19.0 Å². The fourth-order valence-corrected chi connectivity index (χ4v) is 2.65. The van der Waals surface area contributed by atoms with Crippen LogP contribution in [0.15, 0.2) is 24.3 Å². The van der Waals surface area contributed by atoms with Gasteiger partial charge < -0.3 is 19.0 Å². The summed E-state index contributed by atoms with van der Waals surface area (Å²) in [6.07, 6.45) is -0.590. The van der Waals surface area contributed by atoms with E-state index in [0.717, 1.165) is 11.3 Å². The second-order valence-electron chi connectivity index (χ2n) is 7.09. The van der Waals surface area contributed by atoms with E-state index >= 15 is 0 Å². The highest BCUT2D eigenvalue weighted by Crippen LogP contribution is 2.36. The highest BCUT2D eigenvalue weighted by molar-refractivity contribution is 6.74. The molecule has 0 aliphatic carbocycles. The molecule has 1 rings (SSSR count). The lowest BCUT2D eigenvalue weighted by atomic mass is 10.2. The second kappa shape index (κ2) is 8.11. The van der Waals surface area contributed by atoms with Crippen LogP contribution in [0.25, 0.3) is 0 Å². The third-order valence-corrected chi connectivity index (χ3v) is 8.68. The summed E-state index contributed by atoms with van der Waals surface area (Å²) >= 11 is 0. The SMILES string of the molecule is COc1ccc(COC[C@@H](O)CO[Si](C)(C)C(C)(C)C)cc1. The third-order valence-electron chi connectivity index (χ3n) is 4.18. The largest absolute Gasteiger partial charge is 0.497 e. The van der Waals surface area contributed by atoms with Gasteiger partial charge in [-0.2, -0.15) is 0 Å². The van der Waals surface area contributed by atoms with Crippen molar-refractivity contribution in [1.82, 2.24) is 0 Å². The van der Waals surface area contributed by atoms with Crippen LogP contribution in [0.5, 0.6) is 5.75 Å². The van der Waals surface area contributed by atoms with E-state index in [-0.39, 0.29) is 11.6 Å². The van der Waals surface area contributed by atoms with Gasteiger partial charge in [0.1, 0.15) is 5.75 Å². The molecule has 126 valence electrons. The van der Waals surface area contributed by atoms with E-state index in [2.05, 4.69) is 33.9 Å². The average molecular weight is 327 g/mol. The summed E-state index contributed by atoms with van der Waals surface area (Å²) in [6, 6.07) is 7.71. The van der Waals surface area contributed by atoms with Gasteiger partial charge in [-0.25, -0.2) is 0 Å². The number of ether oxygens (including phenoxy) is 2. The molecule has 0 radical (unpaired) electrons. The molecule has 1 aromatic rings. The van der Waals surface area contributed by atoms with E-state index in [1.165, 1.54) is 0 Å². The Hall–Kier alpha value is -0.883. The van der Waals surface area contributed by atoms with Gasteiger partial charge in [0.15, 0.2) is 8.32 Å². The lowest BCUT2D eigenvalue weighted by Gasteiger charge is -2.36. The van der Waals surface area contributed by atoms with Crippen LogP contribution in [-0.4, -0.2) is 39.9 Å². The molecule has 0 aliphatic rings. The molecular formula is C17H30O4Si. The van der Waals surface area contributed by atoms with E-state index in [1.54, 1.807) is 7.11 Å². The van der Waals surface area contributed by atoms with Crippen molar-refractivity contribution in [2.45, 2.75) is 51.6 Å². The Morgan fingerprint density at radius 1 is 1.09 bits per heavy atom. The topological polar surface area (TPSA) is 47.9 Å². The molecule has 0 amide bonds. The van der Waals surface area contributed by atoms with Crippen LogP contribution in [0.1, 0.15) is 26.3 Å². The Bertz CT molecular complexity index is 437. The zero-order valence-corrected chi connectivity index (χ0v) is 15.7. The lowest BCUT2D eigenvalue weighted by molar-refractivity contribution is 0.00275. The minimum Gasteiger partial charge on any atom is -0.497 e. The molecule has 0 unspecified atom stereocenters. The molecule has 0 saturated heterocycles. The summed E-state index contributed by atoms with van der Waals surface area (Å²) in [5, 5.41) is 10.1. The molecule has 0 bridgehead atoms. The maximum absolute atomic E-state index is 9.99. The molecule has 1 N–H and O–H groups in total. The van der Waals surface area contributed by atoms with E-state index in [9.17, 15) is 5.11 Å². The van der Waals surface area contributed by atoms with Crippen molar-refractivity contribution in [3.63, 3.8) is 0 Å². The molecule has 1 aromatic carbocycles. The normalized spacial score (nSPS) is 14.0. The van der Waals surface area contributed by atoms with Gasteiger partial charge in [0.25, 0.3) is 0 Å². The second-order valence-corrected chi connectivity index (χ2v) is 11.9. The summed E-state index contributed by atoms with van der Waals surface area (Å²) < 4.78 is 16.6. The number of aliphatic hydroxyl groups is 1. The summed E-state index contributed by atoms with van der Waals surface area (Å²) in [4.78, 5) is 0. The van der Waals surface area contributed by atoms with Crippen LogP contribution in [0.3, 0.4) is 0 Å². The first-order valence-electron chi connectivity index (χ1n) is 7.68. The quantitative estimate of drug-likeness (QED) is 0.742. The van der Waals surface area contributed by atoms with Crippen molar-refractivity contribution in [2.75, 3.05) is 20.3 Å². The maximum Gasteiger partial charge on any atom is 0.192 e. The summed E-state index contributed by atoms with van der Waals surface area (Å²) in [5.41, 5.74) is 1.05. The van der Waals surface area contributed by atoms with E-state index in [0.29, 0.717) is 13.2 Å². The van der Waals surface area contributed by atoms with E-state index in [4.69, 9.17) is 13.9 Å². The maximum atomic E-state index is 9.99. The fraction of sp³-hybridized carbons (Fsp3) is 0.647. The predicted molar refractivity (Wildman–Crippen MR) is 91.8 cm³/mol. The molecule has 5 heteroatoms. The Morgan fingerprint density at radius 3 is 2.18 bits per heavy atom. The third kappa shape index (κ3) is 6.08. The highest BCUT2D eigenvalue weighted by atomic mass is 28.4. The summed E-state index contributed by atoms with van der Waals surface area (Å²) in [5.74, 6) is 0.826. The molecule has 4 nitrogen and oxygen atoms in total. The predicted octanol–water partition coefficient (Wildman–Crippen LogP) is 3.59. The van der Waals surface area contributed by atoms with Crippen LogP contribution < -0.4 is 4.74 Å². The van der Waals surface area contributed by atoms with Gasteiger partial charge in [-0.15, -0.1) is 0 Å². The molecule has 0 fully saturated rings. The Labute approximate surface area is 135 Å². The number of methoxy groups -OCH3 is 1. The first kappa shape index (κ1) is 19.2. The molecule has 22 heavy (non-hydrogen) atoms. The number of hydrogen-bond acceptors (Lipinski definition) is 4. The van der Waals surface area contributed by atoms with Gasteiger partial charge in [0.2, 0.25) is 0 Å². The first-order chi connectivity index (χ1) is 10.2. The Balaban J connectivity index is 2.30. The minimum atomic E-state index is -1.81. The summed E-state index contributed by atoms with van der Waals surface area (Å²) in [6.45, 7) is 12.0. The Kier molecular flexibility index (Phi) is 7.06. The summed E-state index contributed by atoms with van der Waals surface area (Å²) in [7, 11) is -0.168. The highest BCUT2D eigenvalue weighted by Gasteiger charge is 2.37. The van der Waals surface area contributed by atoms with Gasteiger partial charge in [-0.05, 0) is 35.8 Å². The van der Waals surface area contributed by atoms with Crippen LogP contribution >= 0.6 is 0 Å². The van der Waals surface area contributed by atoms with Crippen molar-refractivity contribution in [3.05, 3.63) is 29.8 Å². The number of aliphatic hydroxyl groups excluding tert-OH is 1. The van der Waals surface area contributed by atoms with Crippen molar-refractivity contribution in [1.29, 1.82) is 0 Å². The van der Waals surface area contributed by atoms with Crippen molar-refractivity contribution >= 4 is 8.32 Å². The van der Waals surface area contributed by atoms with Crippen LogP contribution in [0.2, 0.25) is 18.1 Å². The van der Waals surface area contributed by atoms with Gasteiger partial charge in [-0.3, -0.25) is 0 Å². The number of rotatable bonds is 8. The van der Waals surface area contributed by atoms with E-state index in [1.807, 2.05) is 24.3 Å². The first-order valence-corrected chi connectivity index (χ1v) is 10.6. The average Bonchev–Trinajstić information content (AvgIpc) is 2.45. The monoisotopic (exact) mass is 326 g/mol.